The van der Waals surface area contributed by atoms with Crippen LogP contribution in [-0.4, -0.2) is 22.4 Å². The third kappa shape index (κ3) is 4.19. The van der Waals surface area contributed by atoms with Gasteiger partial charge in [0.1, 0.15) is 0 Å². The Labute approximate surface area is 154 Å². The number of hydrogen-bond donors (Lipinski definition) is 2. The van der Waals surface area contributed by atoms with E-state index in [1.54, 1.807) is 24.5 Å². The number of carbonyl (C=O) groups excluding carboxylic acids is 1. The summed E-state index contributed by atoms with van der Waals surface area (Å²) in [5, 5.41) is 2.82. The molecule has 27 heavy (non-hydrogen) atoms. The molecule has 2 aromatic heterocycles. The van der Waals surface area contributed by atoms with Crippen LogP contribution in [0.25, 0.3) is 22.5 Å². The molecule has 0 aliphatic rings. The molecule has 1 aromatic carbocycles. The van der Waals surface area contributed by atoms with Gasteiger partial charge in [0.15, 0.2) is 0 Å². The van der Waals surface area contributed by atoms with E-state index in [9.17, 15) is 18.0 Å². The van der Waals surface area contributed by atoms with Gasteiger partial charge in [-0.2, -0.15) is 13.2 Å². The number of halogens is 3. The van der Waals surface area contributed by atoms with E-state index in [1.165, 1.54) is 12.1 Å². The van der Waals surface area contributed by atoms with E-state index in [2.05, 4.69) is 15.3 Å². The molecule has 0 radical (unpaired) electrons. The molecule has 2 heterocycles. The number of alkyl halides is 3. The molecular formula is C20H18F3N3O. The monoisotopic (exact) mass is 373 g/mol. The van der Waals surface area contributed by atoms with Crippen molar-refractivity contribution in [3.8, 4) is 22.5 Å². The smallest absolute Gasteiger partial charge is 0.354 e. The Bertz CT molecular complexity index is 916. The highest BCUT2D eigenvalue weighted by molar-refractivity contribution is 6.01. The highest BCUT2D eigenvalue weighted by atomic mass is 19.4. The van der Waals surface area contributed by atoms with Crippen molar-refractivity contribution in [1.82, 2.24) is 15.3 Å². The third-order valence-corrected chi connectivity index (χ3v) is 4.07. The van der Waals surface area contributed by atoms with Crippen molar-refractivity contribution in [3.05, 3.63) is 66.0 Å². The van der Waals surface area contributed by atoms with Gasteiger partial charge in [0.25, 0.3) is 5.91 Å². The summed E-state index contributed by atoms with van der Waals surface area (Å²) in [5.74, 6) is -0.245. The first-order valence-corrected chi connectivity index (χ1v) is 8.49. The second kappa shape index (κ2) is 7.65. The number of aromatic nitrogens is 2. The van der Waals surface area contributed by atoms with Gasteiger partial charge in [0.05, 0.1) is 16.8 Å². The number of nitrogens with one attached hydrogen (secondary N) is 2. The van der Waals surface area contributed by atoms with E-state index >= 15 is 0 Å². The van der Waals surface area contributed by atoms with E-state index in [4.69, 9.17) is 0 Å². The molecule has 1 amide bonds. The molecule has 0 spiro atoms. The number of carbonyl (C=O) groups is 1. The van der Waals surface area contributed by atoms with Crippen molar-refractivity contribution in [2.45, 2.75) is 19.5 Å². The Morgan fingerprint density at radius 3 is 2.48 bits per heavy atom. The first kappa shape index (κ1) is 18.7. The Balaban J connectivity index is 2.02. The summed E-state index contributed by atoms with van der Waals surface area (Å²) >= 11 is 0. The molecule has 4 nitrogen and oxygen atoms in total. The fourth-order valence-electron chi connectivity index (χ4n) is 2.70. The van der Waals surface area contributed by atoms with E-state index in [0.717, 1.165) is 24.1 Å². The molecule has 3 rings (SSSR count). The molecule has 7 heteroatoms. The SMILES string of the molecule is CCCNC(=O)c1cc(-c2ccc(C(F)(F)F)cc2)[nH]c1-c1cccnc1. The van der Waals surface area contributed by atoms with Crippen LogP contribution in [0.5, 0.6) is 0 Å². The molecule has 2 N–H and O–H groups in total. The zero-order valence-corrected chi connectivity index (χ0v) is 14.6. The van der Waals surface area contributed by atoms with Crippen LogP contribution in [0.15, 0.2) is 54.9 Å². The summed E-state index contributed by atoms with van der Waals surface area (Å²) in [4.78, 5) is 19.7. The molecule has 0 aliphatic heterocycles. The molecule has 0 fully saturated rings. The van der Waals surface area contributed by atoms with Crippen LogP contribution >= 0.6 is 0 Å². The number of hydrogen-bond acceptors (Lipinski definition) is 2. The number of aromatic amines is 1. The zero-order chi connectivity index (χ0) is 19.4. The lowest BCUT2D eigenvalue weighted by Gasteiger charge is -2.06. The number of H-pyrrole nitrogens is 1. The number of benzene rings is 1. The standard InChI is InChI=1S/C20H18F3N3O/c1-2-9-25-19(27)16-11-17(26-18(16)14-4-3-10-24-12-14)13-5-7-15(8-6-13)20(21,22)23/h3-8,10-12,26H,2,9H2,1H3,(H,25,27). The summed E-state index contributed by atoms with van der Waals surface area (Å²) in [6.45, 7) is 2.49. The first-order valence-electron chi connectivity index (χ1n) is 8.49. The summed E-state index contributed by atoms with van der Waals surface area (Å²) in [6.07, 6.45) is -0.344. The number of rotatable bonds is 5. The van der Waals surface area contributed by atoms with Crippen LogP contribution in [-0.2, 0) is 6.18 Å². The average Bonchev–Trinajstić information content (AvgIpc) is 3.12. The zero-order valence-electron chi connectivity index (χ0n) is 14.6. The van der Waals surface area contributed by atoms with Crippen LogP contribution in [0, 0.1) is 0 Å². The van der Waals surface area contributed by atoms with Gasteiger partial charge >= 0.3 is 6.18 Å². The Hall–Kier alpha value is -3.09. The lowest BCUT2D eigenvalue weighted by atomic mass is 10.1. The van der Waals surface area contributed by atoms with Crippen molar-refractivity contribution in [2.75, 3.05) is 6.54 Å². The second-order valence-corrected chi connectivity index (χ2v) is 6.04. The minimum atomic E-state index is -4.39. The second-order valence-electron chi connectivity index (χ2n) is 6.04. The van der Waals surface area contributed by atoms with Gasteiger partial charge < -0.3 is 10.3 Å². The maximum Gasteiger partial charge on any atom is 0.416 e. The Kier molecular flexibility index (Phi) is 5.30. The molecular weight excluding hydrogens is 355 g/mol. The number of amides is 1. The fourth-order valence-corrected chi connectivity index (χ4v) is 2.70. The van der Waals surface area contributed by atoms with Gasteiger partial charge in [-0.25, -0.2) is 0 Å². The van der Waals surface area contributed by atoms with Crippen molar-refractivity contribution < 1.29 is 18.0 Å². The van der Waals surface area contributed by atoms with Gasteiger partial charge in [-0.1, -0.05) is 19.1 Å². The Morgan fingerprint density at radius 2 is 1.89 bits per heavy atom. The molecule has 0 saturated carbocycles. The lowest BCUT2D eigenvalue weighted by molar-refractivity contribution is -0.137. The summed E-state index contributed by atoms with van der Waals surface area (Å²) < 4.78 is 38.3. The molecule has 0 unspecified atom stereocenters. The Morgan fingerprint density at radius 1 is 1.15 bits per heavy atom. The molecule has 0 atom stereocenters. The highest BCUT2D eigenvalue weighted by Gasteiger charge is 2.30. The maximum atomic E-state index is 12.8. The van der Waals surface area contributed by atoms with E-state index in [0.29, 0.717) is 29.1 Å². The fraction of sp³-hybridized carbons (Fsp3) is 0.200. The van der Waals surface area contributed by atoms with Crippen molar-refractivity contribution in [2.24, 2.45) is 0 Å². The predicted octanol–water partition coefficient (Wildman–Crippen LogP) is 4.90. The van der Waals surface area contributed by atoms with Crippen molar-refractivity contribution in [1.29, 1.82) is 0 Å². The van der Waals surface area contributed by atoms with Crippen LogP contribution < -0.4 is 5.32 Å². The topological polar surface area (TPSA) is 57.8 Å². The van der Waals surface area contributed by atoms with Gasteiger partial charge in [0.2, 0.25) is 0 Å². The van der Waals surface area contributed by atoms with E-state index in [-0.39, 0.29) is 5.91 Å². The van der Waals surface area contributed by atoms with Crippen molar-refractivity contribution >= 4 is 5.91 Å². The van der Waals surface area contributed by atoms with Crippen LogP contribution in [0.3, 0.4) is 0 Å². The van der Waals surface area contributed by atoms with Crippen molar-refractivity contribution in [3.63, 3.8) is 0 Å². The normalized spacial score (nSPS) is 11.4. The maximum absolute atomic E-state index is 12.8. The molecule has 0 aliphatic carbocycles. The van der Waals surface area contributed by atoms with Gasteiger partial charge in [-0.15, -0.1) is 0 Å². The van der Waals surface area contributed by atoms with Gasteiger partial charge in [-0.3, -0.25) is 9.78 Å². The van der Waals surface area contributed by atoms with E-state index < -0.39 is 11.7 Å². The molecule has 140 valence electrons. The van der Waals surface area contributed by atoms with E-state index in [1.807, 2.05) is 13.0 Å². The van der Waals surface area contributed by atoms with Crippen LogP contribution in [0.4, 0.5) is 13.2 Å². The van der Waals surface area contributed by atoms with Gasteiger partial charge in [0, 0.05) is 30.2 Å². The van der Waals surface area contributed by atoms with Crippen LogP contribution in [0.2, 0.25) is 0 Å². The summed E-state index contributed by atoms with van der Waals surface area (Å²) in [6, 6.07) is 10.0. The first-order chi connectivity index (χ1) is 12.9. The molecule has 3 aromatic rings. The minimum Gasteiger partial charge on any atom is -0.354 e. The van der Waals surface area contributed by atoms with Gasteiger partial charge in [-0.05, 0) is 42.3 Å². The quantitative estimate of drug-likeness (QED) is 0.668. The third-order valence-electron chi connectivity index (χ3n) is 4.07. The lowest BCUT2D eigenvalue weighted by Crippen LogP contribution is -2.24. The number of nitrogens with zero attached hydrogens (tertiary/aromatic N) is 1. The minimum absolute atomic E-state index is 0.245. The average molecular weight is 373 g/mol. The molecule has 0 bridgehead atoms. The number of pyridine rings is 1. The highest BCUT2D eigenvalue weighted by Crippen LogP contribution is 2.32. The van der Waals surface area contributed by atoms with Crippen LogP contribution in [0.1, 0.15) is 29.3 Å². The summed E-state index contributed by atoms with van der Waals surface area (Å²) in [7, 11) is 0. The largest absolute Gasteiger partial charge is 0.416 e. The molecule has 0 saturated heterocycles. The predicted molar refractivity (Wildman–Crippen MR) is 97.1 cm³/mol. The summed E-state index contributed by atoms with van der Waals surface area (Å²) in [5.41, 5.74) is 2.12.